The zero-order chi connectivity index (χ0) is 19.1. The third kappa shape index (κ3) is 5.39. The summed E-state index contributed by atoms with van der Waals surface area (Å²) in [4.78, 5) is 32.0. The maximum absolute atomic E-state index is 12.8. The number of rotatable bonds is 7. The van der Waals surface area contributed by atoms with E-state index in [-0.39, 0.29) is 11.8 Å². The molecule has 2 amide bonds. The van der Waals surface area contributed by atoms with Crippen molar-refractivity contribution in [1.29, 1.82) is 0 Å². The molecule has 0 bridgehead atoms. The van der Waals surface area contributed by atoms with Crippen LogP contribution in [0.2, 0.25) is 0 Å². The standard InChI is InChI=1S/C20H26N4O2/c1-15(25)22-14-16-7-5-8-17(13-16)18-9-6-10-21-19(18)20(26)24(4)12-11-23(2)3/h5-10,13H,11-12,14H2,1-4H3,(H,22,25). The molecule has 0 saturated carbocycles. The van der Waals surface area contributed by atoms with Crippen molar-refractivity contribution in [3.63, 3.8) is 0 Å². The molecule has 0 aliphatic rings. The first-order valence-electron chi connectivity index (χ1n) is 8.57. The van der Waals surface area contributed by atoms with Gasteiger partial charge in [0.2, 0.25) is 5.91 Å². The SMILES string of the molecule is CC(=O)NCc1cccc(-c2cccnc2C(=O)N(C)CCN(C)C)c1. The van der Waals surface area contributed by atoms with Crippen molar-refractivity contribution in [3.8, 4) is 11.1 Å². The third-order valence-electron chi connectivity index (χ3n) is 4.02. The third-order valence-corrected chi connectivity index (χ3v) is 4.02. The Kier molecular flexibility index (Phi) is 6.86. The molecule has 0 radical (unpaired) electrons. The van der Waals surface area contributed by atoms with Crippen LogP contribution >= 0.6 is 0 Å². The van der Waals surface area contributed by atoms with Gasteiger partial charge < -0.3 is 15.1 Å². The highest BCUT2D eigenvalue weighted by atomic mass is 16.2. The van der Waals surface area contributed by atoms with Crippen LogP contribution in [-0.4, -0.2) is 60.8 Å². The number of nitrogens with zero attached hydrogens (tertiary/aromatic N) is 3. The minimum absolute atomic E-state index is 0.0739. The van der Waals surface area contributed by atoms with Gasteiger partial charge >= 0.3 is 0 Å². The zero-order valence-electron chi connectivity index (χ0n) is 15.8. The predicted molar refractivity (Wildman–Crippen MR) is 103 cm³/mol. The lowest BCUT2D eigenvalue weighted by Gasteiger charge is -2.20. The van der Waals surface area contributed by atoms with E-state index < -0.39 is 0 Å². The molecule has 2 rings (SSSR count). The number of carbonyl (C=O) groups is 2. The van der Waals surface area contributed by atoms with Crippen LogP contribution in [0.4, 0.5) is 0 Å². The fourth-order valence-electron chi connectivity index (χ4n) is 2.52. The Hall–Kier alpha value is -2.73. The van der Waals surface area contributed by atoms with Gasteiger partial charge in [0.25, 0.3) is 5.91 Å². The molecule has 1 heterocycles. The van der Waals surface area contributed by atoms with E-state index >= 15 is 0 Å². The van der Waals surface area contributed by atoms with E-state index in [0.29, 0.717) is 18.8 Å². The van der Waals surface area contributed by atoms with Crippen molar-refractivity contribution in [3.05, 3.63) is 53.9 Å². The van der Waals surface area contributed by atoms with Gasteiger partial charge in [0, 0.05) is 45.4 Å². The molecule has 0 saturated heterocycles. The van der Waals surface area contributed by atoms with Crippen molar-refractivity contribution in [2.24, 2.45) is 0 Å². The van der Waals surface area contributed by atoms with Crippen molar-refractivity contribution in [2.75, 3.05) is 34.2 Å². The van der Waals surface area contributed by atoms with Crippen LogP contribution < -0.4 is 5.32 Å². The van der Waals surface area contributed by atoms with Crippen molar-refractivity contribution in [2.45, 2.75) is 13.5 Å². The van der Waals surface area contributed by atoms with Gasteiger partial charge in [0.05, 0.1) is 0 Å². The quantitative estimate of drug-likeness (QED) is 0.826. The average Bonchev–Trinajstić information content (AvgIpc) is 2.64. The fourth-order valence-corrected chi connectivity index (χ4v) is 2.52. The zero-order valence-corrected chi connectivity index (χ0v) is 15.8. The summed E-state index contributed by atoms with van der Waals surface area (Å²) >= 11 is 0. The second-order valence-electron chi connectivity index (χ2n) is 6.54. The number of hydrogen-bond donors (Lipinski definition) is 1. The van der Waals surface area contributed by atoms with Crippen molar-refractivity contribution in [1.82, 2.24) is 20.1 Å². The lowest BCUT2D eigenvalue weighted by Crippen LogP contribution is -2.34. The van der Waals surface area contributed by atoms with E-state index in [1.165, 1.54) is 6.92 Å². The summed E-state index contributed by atoms with van der Waals surface area (Å²) < 4.78 is 0. The van der Waals surface area contributed by atoms with E-state index in [9.17, 15) is 9.59 Å². The lowest BCUT2D eigenvalue weighted by molar-refractivity contribution is -0.119. The molecular weight excluding hydrogens is 328 g/mol. The summed E-state index contributed by atoms with van der Waals surface area (Å²) in [7, 11) is 5.74. The second-order valence-corrected chi connectivity index (χ2v) is 6.54. The molecule has 0 aliphatic carbocycles. The summed E-state index contributed by atoms with van der Waals surface area (Å²) in [6.45, 7) is 3.36. The number of carbonyl (C=O) groups excluding carboxylic acids is 2. The van der Waals surface area contributed by atoms with Crippen LogP contribution in [0.25, 0.3) is 11.1 Å². The van der Waals surface area contributed by atoms with Gasteiger partial charge in [-0.3, -0.25) is 14.6 Å². The number of benzene rings is 1. The molecule has 0 spiro atoms. The number of aromatic nitrogens is 1. The van der Waals surface area contributed by atoms with E-state index in [1.54, 1.807) is 18.1 Å². The molecular formula is C20H26N4O2. The molecule has 0 unspecified atom stereocenters. The predicted octanol–water partition coefficient (Wildman–Crippen LogP) is 2.02. The van der Waals surface area contributed by atoms with Gasteiger partial charge in [-0.1, -0.05) is 24.3 Å². The number of amides is 2. The molecule has 2 aromatic rings. The summed E-state index contributed by atoms with van der Waals surface area (Å²) in [6.07, 6.45) is 1.64. The Morgan fingerprint density at radius 3 is 2.54 bits per heavy atom. The Morgan fingerprint density at radius 2 is 1.85 bits per heavy atom. The Bertz CT molecular complexity index is 774. The normalized spacial score (nSPS) is 10.7. The van der Waals surface area contributed by atoms with E-state index in [4.69, 9.17) is 0 Å². The second kappa shape index (κ2) is 9.10. The van der Waals surface area contributed by atoms with E-state index in [1.807, 2.05) is 55.4 Å². The summed E-state index contributed by atoms with van der Waals surface area (Å²) in [6, 6.07) is 11.5. The Morgan fingerprint density at radius 1 is 1.08 bits per heavy atom. The summed E-state index contributed by atoms with van der Waals surface area (Å²) in [5.41, 5.74) is 3.11. The summed E-state index contributed by atoms with van der Waals surface area (Å²) in [5.74, 6) is -0.176. The topological polar surface area (TPSA) is 65.5 Å². The number of likely N-dealkylation sites (N-methyl/N-ethyl adjacent to an activating group) is 2. The Balaban J connectivity index is 2.27. The van der Waals surface area contributed by atoms with Gasteiger partial charge in [-0.05, 0) is 37.4 Å². The molecule has 0 atom stereocenters. The molecule has 0 aliphatic heterocycles. The fraction of sp³-hybridized carbons (Fsp3) is 0.350. The van der Waals surface area contributed by atoms with E-state index in [2.05, 4.69) is 10.3 Å². The first kappa shape index (κ1) is 19.6. The van der Waals surface area contributed by atoms with Crippen molar-refractivity contribution >= 4 is 11.8 Å². The molecule has 26 heavy (non-hydrogen) atoms. The highest BCUT2D eigenvalue weighted by molar-refractivity contribution is 5.98. The number of hydrogen-bond acceptors (Lipinski definition) is 4. The maximum Gasteiger partial charge on any atom is 0.272 e. The van der Waals surface area contributed by atoms with E-state index in [0.717, 1.165) is 23.2 Å². The van der Waals surface area contributed by atoms with Crippen LogP contribution in [0.1, 0.15) is 23.0 Å². The molecule has 1 aromatic carbocycles. The van der Waals surface area contributed by atoms with Crippen molar-refractivity contribution < 1.29 is 9.59 Å². The first-order valence-corrected chi connectivity index (χ1v) is 8.57. The summed E-state index contributed by atoms with van der Waals surface area (Å²) in [5, 5.41) is 2.79. The average molecular weight is 354 g/mol. The highest BCUT2D eigenvalue weighted by Crippen LogP contribution is 2.24. The molecule has 138 valence electrons. The largest absolute Gasteiger partial charge is 0.352 e. The molecule has 1 aromatic heterocycles. The highest BCUT2D eigenvalue weighted by Gasteiger charge is 2.18. The minimum Gasteiger partial charge on any atom is -0.352 e. The minimum atomic E-state index is -0.102. The molecule has 0 fully saturated rings. The molecule has 6 heteroatoms. The smallest absolute Gasteiger partial charge is 0.272 e. The van der Waals surface area contributed by atoms with Gasteiger partial charge in [-0.2, -0.15) is 0 Å². The number of pyridine rings is 1. The van der Waals surface area contributed by atoms with Crippen LogP contribution in [0, 0.1) is 0 Å². The Labute approximate surface area is 154 Å². The van der Waals surface area contributed by atoms with Crippen LogP contribution in [0.15, 0.2) is 42.6 Å². The molecule has 1 N–H and O–H groups in total. The van der Waals surface area contributed by atoms with Crippen LogP contribution in [0.5, 0.6) is 0 Å². The van der Waals surface area contributed by atoms with Gasteiger partial charge in [0.1, 0.15) is 5.69 Å². The van der Waals surface area contributed by atoms with Gasteiger partial charge in [-0.15, -0.1) is 0 Å². The number of nitrogens with one attached hydrogen (secondary N) is 1. The molecule has 6 nitrogen and oxygen atoms in total. The van der Waals surface area contributed by atoms with Crippen LogP contribution in [-0.2, 0) is 11.3 Å². The maximum atomic E-state index is 12.8. The van der Waals surface area contributed by atoms with Gasteiger partial charge in [0.15, 0.2) is 0 Å². The first-order chi connectivity index (χ1) is 12.4. The van der Waals surface area contributed by atoms with Gasteiger partial charge in [-0.25, -0.2) is 0 Å². The monoisotopic (exact) mass is 354 g/mol. The van der Waals surface area contributed by atoms with Crippen LogP contribution in [0.3, 0.4) is 0 Å². The lowest BCUT2D eigenvalue weighted by atomic mass is 10.0.